The largest absolute Gasteiger partial charge is 0.444 e. The van der Waals surface area contributed by atoms with Crippen LogP contribution in [-0.4, -0.2) is 35.7 Å². The van der Waals surface area contributed by atoms with Gasteiger partial charge in [0.05, 0.1) is 5.69 Å². The molecule has 1 saturated heterocycles. The molecule has 1 fully saturated rings. The Labute approximate surface area is 125 Å². The zero-order valence-electron chi connectivity index (χ0n) is 12.9. The predicted molar refractivity (Wildman–Crippen MR) is 80.9 cm³/mol. The minimum absolute atomic E-state index is 0.0446. The van der Waals surface area contributed by atoms with Gasteiger partial charge in [0.25, 0.3) is 0 Å². The lowest BCUT2D eigenvalue weighted by molar-refractivity contribution is 0.0206. The molecule has 0 radical (unpaired) electrons. The van der Waals surface area contributed by atoms with E-state index in [0.717, 1.165) is 12.8 Å². The summed E-state index contributed by atoms with van der Waals surface area (Å²) in [6, 6.07) is 6.63. The lowest BCUT2D eigenvalue weighted by atomic mass is 10.1. The Morgan fingerprint density at radius 1 is 1.38 bits per heavy atom. The Balaban J connectivity index is 1.95. The van der Waals surface area contributed by atoms with Gasteiger partial charge in [-0.3, -0.25) is 0 Å². The number of anilines is 1. The van der Waals surface area contributed by atoms with E-state index in [9.17, 15) is 9.18 Å². The molecular formula is C16H23FN2O2. The molecule has 4 nitrogen and oxygen atoms in total. The number of halogens is 1. The maximum absolute atomic E-state index is 13.7. The SMILES string of the molecule is CC(C)(C)OC(=O)N1CCC[C@@H](Nc2ccccc2F)C1. The number of para-hydroxylation sites is 1. The van der Waals surface area contributed by atoms with Gasteiger partial charge in [-0.1, -0.05) is 12.1 Å². The second-order valence-electron chi connectivity index (χ2n) is 6.39. The smallest absolute Gasteiger partial charge is 0.410 e. The molecule has 1 atom stereocenters. The molecule has 1 aromatic carbocycles. The number of amides is 1. The Bertz CT molecular complexity index is 499. The summed E-state index contributed by atoms with van der Waals surface area (Å²) in [5.74, 6) is -0.271. The number of carbonyl (C=O) groups excluding carboxylic acids is 1. The Morgan fingerprint density at radius 3 is 2.76 bits per heavy atom. The van der Waals surface area contributed by atoms with E-state index >= 15 is 0 Å². The van der Waals surface area contributed by atoms with E-state index in [1.807, 2.05) is 20.8 Å². The number of nitrogens with one attached hydrogen (secondary N) is 1. The number of likely N-dealkylation sites (tertiary alicyclic amines) is 1. The fraction of sp³-hybridized carbons (Fsp3) is 0.562. The summed E-state index contributed by atoms with van der Waals surface area (Å²) in [5, 5.41) is 3.17. The molecule has 0 bridgehead atoms. The van der Waals surface area contributed by atoms with Crippen molar-refractivity contribution < 1.29 is 13.9 Å². The number of nitrogens with zero attached hydrogens (tertiary/aromatic N) is 1. The highest BCUT2D eigenvalue weighted by molar-refractivity contribution is 5.68. The molecule has 0 aliphatic carbocycles. The molecule has 0 spiro atoms. The van der Waals surface area contributed by atoms with Gasteiger partial charge in [0.2, 0.25) is 0 Å². The van der Waals surface area contributed by atoms with Gasteiger partial charge in [-0.05, 0) is 45.7 Å². The third-order valence-electron chi connectivity index (χ3n) is 3.31. The Morgan fingerprint density at radius 2 is 2.10 bits per heavy atom. The first-order valence-electron chi connectivity index (χ1n) is 7.34. The molecule has 1 aromatic rings. The van der Waals surface area contributed by atoms with Crippen LogP contribution in [0.2, 0.25) is 0 Å². The van der Waals surface area contributed by atoms with Crippen molar-refractivity contribution in [3.63, 3.8) is 0 Å². The van der Waals surface area contributed by atoms with E-state index in [2.05, 4.69) is 5.32 Å². The minimum atomic E-state index is -0.497. The lowest BCUT2D eigenvalue weighted by Gasteiger charge is -2.34. The van der Waals surface area contributed by atoms with Gasteiger partial charge in [-0.25, -0.2) is 9.18 Å². The number of rotatable bonds is 2. The van der Waals surface area contributed by atoms with Crippen molar-refractivity contribution >= 4 is 11.8 Å². The van der Waals surface area contributed by atoms with Crippen LogP contribution >= 0.6 is 0 Å². The molecule has 0 saturated carbocycles. The number of hydrogen-bond donors (Lipinski definition) is 1. The summed E-state index contributed by atoms with van der Waals surface area (Å²) in [7, 11) is 0. The summed E-state index contributed by atoms with van der Waals surface area (Å²) in [5.41, 5.74) is -0.0169. The van der Waals surface area contributed by atoms with E-state index in [-0.39, 0.29) is 18.0 Å². The van der Waals surface area contributed by atoms with Crippen LogP contribution in [0.1, 0.15) is 33.6 Å². The molecule has 5 heteroatoms. The highest BCUT2D eigenvalue weighted by atomic mass is 19.1. The van der Waals surface area contributed by atoms with E-state index in [1.165, 1.54) is 6.07 Å². The van der Waals surface area contributed by atoms with Gasteiger partial charge < -0.3 is 15.0 Å². The van der Waals surface area contributed by atoms with E-state index < -0.39 is 5.60 Å². The first kappa shape index (κ1) is 15.6. The van der Waals surface area contributed by atoms with Crippen molar-refractivity contribution in [2.75, 3.05) is 18.4 Å². The Kier molecular flexibility index (Phi) is 4.70. The van der Waals surface area contributed by atoms with Crippen LogP contribution in [0.3, 0.4) is 0 Å². The van der Waals surface area contributed by atoms with Crippen molar-refractivity contribution in [1.29, 1.82) is 0 Å². The molecule has 21 heavy (non-hydrogen) atoms. The van der Waals surface area contributed by atoms with Crippen molar-refractivity contribution in [3.05, 3.63) is 30.1 Å². The summed E-state index contributed by atoms with van der Waals surface area (Å²) < 4.78 is 19.0. The molecular weight excluding hydrogens is 271 g/mol. The fourth-order valence-corrected chi connectivity index (χ4v) is 2.39. The molecule has 1 aliphatic rings. The topological polar surface area (TPSA) is 41.6 Å². The molecule has 1 amide bonds. The molecule has 1 N–H and O–H groups in total. The average Bonchev–Trinajstić information content (AvgIpc) is 2.40. The summed E-state index contributed by atoms with van der Waals surface area (Å²) in [6.45, 7) is 6.77. The summed E-state index contributed by atoms with van der Waals surface area (Å²) in [4.78, 5) is 13.8. The second-order valence-corrected chi connectivity index (χ2v) is 6.39. The van der Waals surface area contributed by atoms with Crippen LogP contribution in [0.4, 0.5) is 14.9 Å². The highest BCUT2D eigenvalue weighted by Crippen LogP contribution is 2.20. The van der Waals surface area contributed by atoms with E-state index in [4.69, 9.17) is 4.74 Å². The van der Waals surface area contributed by atoms with E-state index in [0.29, 0.717) is 18.8 Å². The lowest BCUT2D eigenvalue weighted by Crippen LogP contribution is -2.47. The van der Waals surface area contributed by atoms with Gasteiger partial charge in [-0.15, -0.1) is 0 Å². The van der Waals surface area contributed by atoms with Crippen molar-refractivity contribution in [1.82, 2.24) is 4.90 Å². The highest BCUT2D eigenvalue weighted by Gasteiger charge is 2.27. The van der Waals surface area contributed by atoms with Gasteiger partial charge in [-0.2, -0.15) is 0 Å². The van der Waals surface area contributed by atoms with E-state index in [1.54, 1.807) is 23.1 Å². The molecule has 1 aliphatic heterocycles. The molecule has 2 rings (SSSR count). The monoisotopic (exact) mass is 294 g/mol. The third-order valence-corrected chi connectivity index (χ3v) is 3.31. The molecule has 116 valence electrons. The zero-order chi connectivity index (χ0) is 15.5. The van der Waals surface area contributed by atoms with Crippen LogP contribution in [0, 0.1) is 5.82 Å². The van der Waals surface area contributed by atoms with Crippen LogP contribution in [-0.2, 0) is 4.74 Å². The van der Waals surface area contributed by atoms with Gasteiger partial charge in [0.1, 0.15) is 11.4 Å². The number of carbonyl (C=O) groups is 1. The maximum Gasteiger partial charge on any atom is 0.410 e. The average molecular weight is 294 g/mol. The van der Waals surface area contributed by atoms with Gasteiger partial charge in [0.15, 0.2) is 0 Å². The van der Waals surface area contributed by atoms with Crippen molar-refractivity contribution in [2.24, 2.45) is 0 Å². The number of benzene rings is 1. The van der Waals surface area contributed by atoms with Crippen LogP contribution < -0.4 is 5.32 Å². The standard InChI is InChI=1S/C16H23FN2O2/c1-16(2,3)21-15(20)19-10-6-7-12(11-19)18-14-9-5-4-8-13(14)17/h4-5,8-9,12,18H,6-7,10-11H2,1-3H3/t12-/m1/s1. The zero-order valence-corrected chi connectivity index (χ0v) is 12.9. The summed E-state index contributed by atoms with van der Waals surface area (Å²) >= 11 is 0. The van der Waals surface area contributed by atoms with Crippen molar-refractivity contribution in [2.45, 2.75) is 45.3 Å². The van der Waals surface area contributed by atoms with Gasteiger partial charge >= 0.3 is 6.09 Å². The van der Waals surface area contributed by atoms with Crippen molar-refractivity contribution in [3.8, 4) is 0 Å². The molecule has 0 aromatic heterocycles. The summed E-state index contributed by atoms with van der Waals surface area (Å²) in [6.07, 6.45) is 1.49. The first-order chi connectivity index (χ1) is 9.85. The second kappa shape index (κ2) is 6.33. The van der Waals surface area contributed by atoms with Crippen LogP contribution in [0.15, 0.2) is 24.3 Å². The first-order valence-corrected chi connectivity index (χ1v) is 7.34. The van der Waals surface area contributed by atoms with Gasteiger partial charge in [0, 0.05) is 19.1 Å². The number of ether oxygens (including phenoxy) is 1. The number of piperidine rings is 1. The normalized spacial score (nSPS) is 19.2. The Hall–Kier alpha value is -1.78. The minimum Gasteiger partial charge on any atom is -0.444 e. The number of hydrogen-bond acceptors (Lipinski definition) is 3. The fourth-order valence-electron chi connectivity index (χ4n) is 2.39. The van der Waals surface area contributed by atoms with Crippen LogP contribution in [0.25, 0.3) is 0 Å². The predicted octanol–water partition coefficient (Wildman–Crippen LogP) is 3.64. The third kappa shape index (κ3) is 4.62. The maximum atomic E-state index is 13.7. The molecule has 1 heterocycles. The van der Waals surface area contributed by atoms with Crippen LogP contribution in [0.5, 0.6) is 0 Å². The quantitative estimate of drug-likeness (QED) is 0.905. The molecule has 0 unspecified atom stereocenters.